The molecule has 0 amide bonds. The molecular weight excluding hydrogens is 314 g/mol. The maximum absolute atomic E-state index is 5.91. The number of halogens is 2. The molecule has 5 heteroatoms. The van der Waals surface area contributed by atoms with Crippen LogP contribution in [0.4, 0.5) is 5.82 Å². The minimum atomic E-state index is 0.630. The summed E-state index contributed by atoms with van der Waals surface area (Å²) in [7, 11) is 0. The quantitative estimate of drug-likeness (QED) is 0.853. The number of hydrogen-bond donors (Lipinski definition) is 0. The number of aromatic nitrogens is 2. The molecule has 18 heavy (non-hydrogen) atoms. The van der Waals surface area contributed by atoms with Gasteiger partial charge < -0.3 is 4.90 Å². The van der Waals surface area contributed by atoms with E-state index in [2.05, 4.69) is 37.7 Å². The fraction of sp³-hybridized carbons (Fsp3) is 0.231. The molecule has 0 aliphatic carbocycles. The number of pyridine rings is 2. The zero-order valence-electron chi connectivity index (χ0n) is 9.98. The predicted molar refractivity (Wildman–Crippen MR) is 77.9 cm³/mol. The van der Waals surface area contributed by atoms with Gasteiger partial charge in [-0.05, 0) is 46.6 Å². The third kappa shape index (κ3) is 3.21. The second-order valence-corrected chi connectivity index (χ2v) is 5.12. The Kier molecular flexibility index (Phi) is 4.55. The van der Waals surface area contributed by atoms with Gasteiger partial charge in [-0.3, -0.25) is 4.98 Å². The number of nitrogens with zero attached hydrogens (tertiary/aromatic N) is 3. The van der Waals surface area contributed by atoms with Crippen LogP contribution in [-0.2, 0) is 6.54 Å². The molecule has 0 aromatic carbocycles. The van der Waals surface area contributed by atoms with Crippen molar-refractivity contribution in [3.8, 4) is 0 Å². The van der Waals surface area contributed by atoms with Crippen LogP contribution in [0, 0.1) is 0 Å². The molecule has 0 unspecified atom stereocenters. The van der Waals surface area contributed by atoms with Crippen LogP contribution >= 0.6 is 27.5 Å². The van der Waals surface area contributed by atoms with Gasteiger partial charge in [-0.2, -0.15) is 0 Å². The van der Waals surface area contributed by atoms with Gasteiger partial charge in [-0.25, -0.2) is 4.98 Å². The number of rotatable bonds is 4. The van der Waals surface area contributed by atoms with Crippen LogP contribution in [0.25, 0.3) is 0 Å². The first kappa shape index (κ1) is 13.3. The summed E-state index contributed by atoms with van der Waals surface area (Å²) >= 11 is 9.41. The first-order valence-corrected chi connectivity index (χ1v) is 6.82. The second-order valence-electron chi connectivity index (χ2n) is 3.83. The molecule has 3 nitrogen and oxygen atoms in total. The van der Waals surface area contributed by atoms with E-state index in [1.165, 1.54) is 5.56 Å². The highest BCUT2D eigenvalue weighted by Gasteiger charge is 2.11. The van der Waals surface area contributed by atoms with Crippen LogP contribution in [0.1, 0.15) is 12.5 Å². The Morgan fingerprint density at radius 2 is 2.06 bits per heavy atom. The molecule has 2 heterocycles. The van der Waals surface area contributed by atoms with Crippen molar-refractivity contribution in [2.75, 3.05) is 11.4 Å². The molecule has 0 spiro atoms. The van der Waals surface area contributed by atoms with Gasteiger partial charge in [0.25, 0.3) is 0 Å². The van der Waals surface area contributed by atoms with Crippen molar-refractivity contribution in [1.82, 2.24) is 9.97 Å². The molecule has 0 fully saturated rings. The van der Waals surface area contributed by atoms with Crippen LogP contribution < -0.4 is 4.90 Å². The maximum Gasteiger partial charge on any atom is 0.143 e. The number of hydrogen-bond acceptors (Lipinski definition) is 3. The fourth-order valence-electron chi connectivity index (χ4n) is 1.69. The second kappa shape index (κ2) is 6.16. The van der Waals surface area contributed by atoms with Crippen molar-refractivity contribution in [3.05, 3.63) is 51.8 Å². The molecule has 94 valence electrons. The SMILES string of the molecule is CCN(Cc1ccncc1)c1ncc(Cl)cc1Br. The molecule has 2 aromatic heterocycles. The molecule has 2 aromatic rings. The Hall–Kier alpha value is -1.13. The highest BCUT2D eigenvalue weighted by molar-refractivity contribution is 9.10. The highest BCUT2D eigenvalue weighted by Crippen LogP contribution is 2.27. The lowest BCUT2D eigenvalue weighted by molar-refractivity contribution is 0.809. The van der Waals surface area contributed by atoms with Gasteiger partial charge in [0, 0.05) is 31.7 Å². The summed E-state index contributed by atoms with van der Waals surface area (Å²) in [5.41, 5.74) is 1.20. The summed E-state index contributed by atoms with van der Waals surface area (Å²) in [5, 5.41) is 0.630. The molecular formula is C13H13BrClN3. The Morgan fingerprint density at radius 1 is 1.33 bits per heavy atom. The van der Waals surface area contributed by atoms with Gasteiger partial charge in [0.1, 0.15) is 5.82 Å². The Morgan fingerprint density at radius 3 is 2.67 bits per heavy atom. The van der Waals surface area contributed by atoms with E-state index in [1.54, 1.807) is 18.6 Å². The van der Waals surface area contributed by atoms with Crippen LogP contribution in [0.3, 0.4) is 0 Å². The number of anilines is 1. The van der Waals surface area contributed by atoms with Gasteiger partial charge in [-0.15, -0.1) is 0 Å². The van der Waals surface area contributed by atoms with Crippen LogP contribution in [0.5, 0.6) is 0 Å². The van der Waals surface area contributed by atoms with Crippen LogP contribution in [0.2, 0.25) is 5.02 Å². The molecule has 2 rings (SSSR count). The molecule has 0 radical (unpaired) electrons. The zero-order chi connectivity index (χ0) is 13.0. The van der Waals surface area contributed by atoms with E-state index in [9.17, 15) is 0 Å². The average Bonchev–Trinajstić information content (AvgIpc) is 2.38. The van der Waals surface area contributed by atoms with Crippen molar-refractivity contribution in [2.24, 2.45) is 0 Å². The topological polar surface area (TPSA) is 29.0 Å². The lowest BCUT2D eigenvalue weighted by Crippen LogP contribution is -2.23. The minimum absolute atomic E-state index is 0.630. The third-order valence-electron chi connectivity index (χ3n) is 2.59. The normalized spacial score (nSPS) is 10.4. The molecule has 0 saturated carbocycles. The first-order valence-electron chi connectivity index (χ1n) is 5.65. The summed E-state index contributed by atoms with van der Waals surface area (Å²) in [6, 6.07) is 5.87. The molecule has 0 aliphatic rings. The van der Waals surface area contributed by atoms with Gasteiger partial charge >= 0.3 is 0 Å². The summed E-state index contributed by atoms with van der Waals surface area (Å²) in [4.78, 5) is 10.6. The summed E-state index contributed by atoms with van der Waals surface area (Å²) < 4.78 is 0.908. The van der Waals surface area contributed by atoms with Crippen LogP contribution in [-0.4, -0.2) is 16.5 Å². The molecule has 0 saturated heterocycles. The summed E-state index contributed by atoms with van der Waals surface area (Å²) in [6.07, 6.45) is 5.26. The zero-order valence-corrected chi connectivity index (χ0v) is 12.3. The van der Waals surface area contributed by atoms with E-state index < -0.39 is 0 Å². The van der Waals surface area contributed by atoms with Crippen molar-refractivity contribution < 1.29 is 0 Å². The van der Waals surface area contributed by atoms with Gasteiger partial charge in [0.15, 0.2) is 0 Å². The van der Waals surface area contributed by atoms with E-state index >= 15 is 0 Å². The monoisotopic (exact) mass is 325 g/mol. The molecule has 0 aliphatic heterocycles. The summed E-state index contributed by atoms with van der Waals surface area (Å²) in [5.74, 6) is 0.902. The van der Waals surface area contributed by atoms with E-state index in [-0.39, 0.29) is 0 Å². The molecule has 0 bridgehead atoms. The van der Waals surface area contributed by atoms with E-state index in [0.717, 1.165) is 23.4 Å². The molecule has 0 N–H and O–H groups in total. The third-order valence-corrected chi connectivity index (χ3v) is 3.38. The fourth-order valence-corrected chi connectivity index (χ4v) is 2.57. The van der Waals surface area contributed by atoms with Gasteiger partial charge in [0.2, 0.25) is 0 Å². The average molecular weight is 327 g/mol. The highest BCUT2D eigenvalue weighted by atomic mass is 79.9. The van der Waals surface area contributed by atoms with E-state index in [1.807, 2.05) is 18.2 Å². The molecule has 0 atom stereocenters. The lowest BCUT2D eigenvalue weighted by Gasteiger charge is -2.23. The predicted octanol–water partition coefficient (Wildman–Crippen LogP) is 3.92. The minimum Gasteiger partial charge on any atom is -0.352 e. The van der Waals surface area contributed by atoms with Crippen molar-refractivity contribution in [3.63, 3.8) is 0 Å². The maximum atomic E-state index is 5.91. The van der Waals surface area contributed by atoms with Gasteiger partial charge in [-0.1, -0.05) is 11.6 Å². The Labute approximate surface area is 120 Å². The first-order chi connectivity index (χ1) is 8.70. The van der Waals surface area contributed by atoms with E-state index in [4.69, 9.17) is 11.6 Å². The summed E-state index contributed by atoms with van der Waals surface area (Å²) in [6.45, 7) is 3.77. The van der Waals surface area contributed by atoms with Crippen molar-refractivity contribution in [1.29, 1.82) is 0 Å². The van der Waals surface area contributed by atoms with Crippen molar-refractivity contribution >= 4 is 33.3 Å². The van der Waals surface area contributed by atoms with Crippen molar-refractivity contribution in [2.45, 2.75) is 13.5 Å². The smallest absolute Gasteiger partial charge is 0.143 e. The standard InChI is InChI=1S/C13H13BrClN3/c1-2-18(9-10-3-5-16-6-4-10)13-12(14)7-11(15)8-17-13/h3-8H,2,9H2,1H3. The van der Waals surface area contributed by atoms with Crippen LogP contribution in [0.15, 0.2) is 41.3 Å². The Bertz CT molecular complexity index is 519. The lowest BCUT2D eigenvalue weighted by atomic mass is 10.2. The Balaban J connectivity index is 2.23. The van der Waals surface area contributed by atoms with E-state index in [0.29, 0.717) is 5.02 Å². The van der Waals surface area contributed by atoms with Gasteiger partial charge in [0.05, 0.1) is 9.50 Å². The largest absolute Gasteiger partial charge is 0.352 e.